The number of carbonyl (C=O) groups is 1. The predicted octanol–water partition coefficient (Wildman–Crippen LogP) is 2.92. The molecule has 1 aromatic heterocycles. The number of hydrogen-bond acceptors (Lipinski definition) is 5. The molecule has 2 atom stereocenters. The summed E-state index contributed by atoms with van der Waals surface area (Å²) in [6, 6.07) is 18.3. The number of nitrogens with zero attached hydrogens (tertiary/aromatic N) is 2. The molecule has 0 spiro atoms. The molecule has 2 aliphatic rings. The fourth-order valence-electron chi connectivity index (χ4n) is 4.91. The van der Waals surface area contributed by atoms with Crippen molar-refractivity contribution in [2.45, 2.75) is 23.8 Å². The van der Waals surface area contributed by atoms with Crippen LogP contribution in [0, 0.1) is 5.92 Å². The van der Waals surface area contributed by atoms with Gasteiger partial charge in [-0.15, -0.1) is 0 Å². The van der Waals surface area contributed by atoms with Crippen LogP contribution in [0.15, 0.2) is 76.4 Å². The third kappa shape index (κ3) is 4.07. The van der Waals surface area contributed by atoms with E-state index in [1.54, 1.807) is 60.2 Å². The Kier molecular flexibility index (Phi) is 5.65. The molecule has 1 saturated heterocycles. The van der Waals surface area contributed by atoms with Crippen LogP contribution in [-0.2, 0) is 16.6 Å². The number of fused-ring (bicyclic) bond motifs is 4. The first-order valence-electron chi connectivity index (χ1n) is 11.1. The molecule has 0 aliphatic carbocycles. The summed E-state index contributed by atoms with van der Waals surface area (Å²) in [7, 11) is -2.28. The number of carbonyl (C=O) groups excluding carboxylic acids is 1. The standard InChI is InChI=1S/C25H25N3O5S/c1-33-20-9-7-18(8-10-20)24(29)27-14-17-13-19(16-27)23-12-11-22(25(30)28(23)15-17)26-34(31,32)21-5-3-2-4-6-21/h2-12,17,19,26H,13-16H2,1H3/t17-,19-/m1/s1. The Morgan fingerprint density at radius 3 is 2.41 bits per heavy atom. The summed E-state index contributed by atoms with van der Waals surface area (Å²) in [4.78, 5) is 28.2. The quantitative estimate of drug-likeness (QED) is 0.607. The van der Waals surface area contributed by atoms with E-state index in [4.69, 9.17) is 4.74 Å². The fourth-order valence-corrected chi connectivity index (χ4v) is 5.99. The number of likely N-dealkylation sites (tertiary alicyclic amines) is 1. The number of rotatable bonds is 5. The van der Waals surface area contributed by atoms with E-state index in [0.717, 1.165) is 12.1 Å². The molecule has 2 aliphatic heterocycles. The Bertz CT molecular complexity index is 1380. The molecule has 2 aromatic carbocycles. The smallest absolute Gasteiger partial charge is 0.275 e. The summed E-state index contributed by atoms with van der Waals surface area (Å²) in [5.74, 6) is 0.786. The molecule has 0 unspecified atom stereocenters. The van der Waals surface area contributed by atoms with Crippen molar-refractivity contribution in [1.82, 2.24) is 9.47 Å². The van der Waals surface area contributed by atoms with E-state index in [-0.39, 0.29) is 33.9 Å². The van der Waals surface area contributed by atoms with Crippen LogP contribution in [0.1, 0.15) is 28.4 Å². The van der Waals surface area contributed by atoms with Crippen LogP contribution in [-0.4, -0.2) is 44.0 Å². The first-order chi connectivity index (χ1) is 16.4. The van der Waals surface area contributed by atoms with Crippen molar-refractivity contribution in [2.75, 3.05) is 24.9 Å². The lowest BCUT2D eigenvalue weighted by Crippen LogP contribution is -2.49. The summed E-state index contributed by atoms with van der Waals surface area (Å²) in [6.45, 7) is 1.50. The maximum atomic E-state index is 13.2. The Balaban J connectivity index is 1.38. The minimum atomic E-state index is -3.86. The number of anilines is 1. The van der Waals surface area contributed by atoms with Gasteiger partial charge in [-0.25, -0.2) is 8.42 Å². The van der Waals surface area contributed by atoms with E-state index in [9.17, 15) is 18.0 Å². The van der Waals surface area contributed by atoms with Crippen LogP contribution in [0.2, 0.25) is 0 Å². The zero-order valence-electron chi connectivity index (χ0n) is 18.7. The minimum Gasteiger partial charge on any atom is -0.497 e. The molecule has 0 saturated carbocycles. The number of ether oxygens (including phenoxy) is 1. The number of aromatic nitrogens is 1. The molecule has 8 nitrogen and oxygen atoms in total. The number of nitrogens with one attached hydrogen (secondary N) is 1. The van der Waals surface area contributed by atoms with Crippen LogP contribution in [0.3, 0.4) is 0 Å². The molecule has 2 bridgehead atoms. The van der Waals surface area contributed by atoms with Gasteiger partial charge >= 0.3 is 0 Å². The van der Waals surface area contributed by atoms with Gasteiger partial charge in [0.2, 0.25) is 0 Å². The van der Waals surface area contributed by atoms with E-state index in [2.05, 4.69) is 4.72 Å². The lowest BCUT2D eigenvalue weighted by atomic mass is 9.83. The van der Waals surface area contributed by atoms with Gasteiger partial charge in [0.1, 0.15) is 11.4 Å². The Morgan fingerprint density at radius 2 is 1.71 bits per heavy atom. The second kappa shape index (κ2) is 8.64. The van der Waals surface area contributed by atoms with E-state index >= 15 is 0 Å². The molecular weight excluding hydrogens is 454 g/mol. The van der Waals surface area contributed by atoms with E-state index in [0.29, 0.717) is 30.9 Å². The summed E-state index contributed by atoms with van der Waals surface area (Å²) in [5, 5.41) is 0. The van der Waals surface area contributed by atoms with Crippen molar-refractivity contribution in [2.24, 2.45) is 5.92 Å². The second-order valence-electron chi connectivity index (χ2n) is 8.74. The van der Waals surface area contributed by atoms with Gasteiger partial charge < -0.3 is 14.2 Å². The van der Waals surface area contributed by atoms with Gasteiger partial charge in [0.25, 0.3) is 21.5 Å². The molecule has 5 rings (SSSR count). The molecule has 1 amide bonds. The van der Waals surface area contributed by atoms with Crippen molar-refractivity contribution in [1.29, 1.82) is 0 Å². The van der Waals surface area contributed by atoms with Crippen LogP contribution >= 0.6 is 0 Å². The summed E-state index contributed by atoms with van der Waals surface area (Å²) in [6.07, 6.45) is 0.890. The largest absolute Gasteiger partial charge is 0.497 e. The minimum absolute atomic E-state index is 0.0159. The normalized spacial score (nSPS) is 19.3. The first kappa shape index (κ1) is 22.2. The van der Waals surface area contributed by atoms with Crippen molar-refractivity contribution in [3.63, 3.8) is 0 Å². The molecule has 3 heterocycles. The van der Waals surface area contributed by atoms with Crippen molar-refractivity contribution < 1.29 is 17.9 Å². The Morgan fingerprint density at radius 1 is 0.971 bits per heavy atom. The lowest BCUT2D eigenvalue weighted by molar-refractivity contribution is 0.0594. The van der Waals surface area contributed by atoms with Crippen molar-refractivity contribution in [3.8, 4) is 5.75 Å². The monoisotopic (exact) mass is 479 g/mol. The molecule has 3 aromatic rings. The predicted molar refractivity (Wildman–Crippen MR) is 128 cm³/mol. The topological polar surface area (TPSA) is 97.7 Å². The molecule has 34 heavy (non-hydrogen) atoms. The summed E-state index contributed by atoms with van der Waals surface area (Å²) >= 11 is 0. The first-order valence-corrected chi connectivity index (χ1v) is 12.6. The van der Waals surface area contributed by atoms with Gasteiger partial charge in [0, 0.05) is 36.8 Å². The van der Waals surface area contributed by atoms with Gasteiger partial charge in [0.05, 0.1) is 12.0 Å². The van der Waals surface area contributed by atoms with Gasteiger partial charge in [-0.1, -0.05) is 18.2 Å². The number of benzene rings is 2. The fraction of sp³-hybridized carbons (Fsp3) is 0.280. The molecule has 1 N–H and O–H groups in total. The van der Waals surface area contributed by atoms with Crippen LogP contribution in [0.5, 0.6) is 5.75 Å². The lowest BCUT2D eigenvalue weighted by Gasteiger charge is -2.43. The molecule has 9 heteroatoms. The average Bonchev–Trinajstić information content (AvgIpc) is 2.86. The third-order valence-electron chi connectivity index (χ3n) is 6.53. The van der Waals surface area contributed by atoms with Crippen molar-refractivity contribution in [3.05, 3.63) is 88.3 Å². The number of amides is 1. The van der Waals surface area contributed by atoms with Crippen molar-refractivity contribution >= 4 is 21.6 Å². The highest BCUT2D eigenvalue weighted by molar-refractivity contribution is 7.92. The summed E-state index contributed by atoms with van der Waals surface area (Å²) in [5.41, 5.74) is 1.10. The number of sulfonamides is 1. The molecule has 0 radical (unpaired) electrons. The number of pyridine rings is 1. The third-order valence-corrected chi connectivity index (χ3v) is 7.91. The molecule has 176 valence electrons. The van der Waals surface area contributed by atoms with Gasteiger partial charge in [0.15, 0.2) is 0 Å². The highest BCUT2D eigenvalue weighted by Crippen LogP contribution is 2.36. The number of hydrogen-bond donors (Lipinski definition) is 1. The maximum Gasteiger partial charge on any atom is 0.275 e. The Labute approximate surface area is 197 Å². The highest BCUT2D eigenvalue weighted by Gasteiger charge is 2.37. The molecule has 1 fully saturated rings. The van der Waals surface area contributed by atoms with E-state index < -0.39 is 10.0 Å². The van der Waals surface area contributed by atoms with Crippen LogP contribution in [0.25, 0.3) is 0 Å². The van der Waals surface area contributed by atoms with Crippen LogP contribution < -0.4 is 15.0 Å². The zero-order chi connectivity index (χ0) is 23.9. The van der Waals surface area contributed by atoms with Gasteiger partial charge in [-0.05, 0) is 60.9 Å². The number of piperidine rings is 1. The Hall–Kier alpha value is -3.59. The zero-order valence-corrected chi connectivity index (χ0v) is 19.5. The maximum absolute atomic E-state index is 13.2. The van der Waals surface area contributed by atoms with E-state index in [1.807, 2.05) is 4.90 Å². The highest BCUT2D eigenvalue weighted by atomic mass is 32.2. The number of methoxy groups -OCH3 is 1. The van der Waals surface area contributed by atoms with Gasteiger partial charge in [-0.2, -0.15) is 0 Å². The van der Waals surface area contributed by atoms with E-state index in [1.165, 1.54) is 18.2 Å². The van der Waals surface area contributed by atoms with Crippen LogP contribution in [0.4, 0.5) is 5.69 Å². The molecular formula is C25H25N3O5S. The SMILES string of the molecule is COc1ccc(C(=O)N2C[C@H]3C[C@H](C2)c2ccc(NS(=O)(=O)c4ccccc4)c(=O)n2C3)cc1. The summed E-state index contributed by atoms with van der Waals surface area (Å²) < 4.78 is 34.7. The van der Waals surface area contributed by atoms with Gasteiger partial charge in [-0.3, -0.25) is 14.3 Å². The average molecular weight is 480 g/mol. The second-order valence-corrected chi connectivity index (χ2v) is 10.4.